The highest BCUT2D eigenvalue weighted by molar-refractivity contribution is 7.99. The Morgan fingerprint density at radius 2 is 2.40 bits per heavy atom. The molecule has 1 heterocycles. The van der Waals surface area contributed by atoms with Gasteiger partial charge in [0, 0.05) is 6.54 Å². The number of carbonyl (C=O) groups is 1. The predicted molar refractivity (Wildman–Crippen MR) is 56.2 cm³/mol. The Morgan fingerprint density at radius 3 is 3.00 bits per heavy atom. The van der Waals surface area contributed by atoms with E-state index in [9.17, 15) is 4.79 Å². The van der Waals surface area contributed by atoms with Gasteiger partial charge in [-0.25, -0.2) is 0 Å². The molecule has 84 valence electrons. The molecule has 3 N–H and O–H groups in total. The number of aromatic nitrogens is 2. The van der Waals surface area contributed by atoms with Gasteiger partial charge >= 0.3 is 0 Å². The van der Waals surface area contributed by atoms with Crippen LogP contribution in [0.4, 0.5) is 0 Å². The third-order valence-electron chi connectivity index (χ3n) is 1.52. The third-order valence-corrected chi connectivity index (χ3v) is 2.34. The second kappa shape index (κ2) is 6.41. The van der Waals surface area contributed by atoms with Gasteiger partial charge in [0.1, 0.15) is 0 Å². The van der Waals surface area contributed by atoms with Crippen molar-refractivity contribution in [2.45, 2.75) is 25.1 Å². The Labute approximate surface area is 92.0 Å². The first-order chi connectivity index (χ1) is 7.26. The quantitative estimate of drug-likeness (QED) is 0.675. The van der Waals surface area contributed by atoms with Gasteiger partial charge in [-0.1, -0.05) is 18.7 Å². The average Bonchev–Trinajstić information content (AvgIpc) is 2.71. The lowest BCUT2D eigenvalue weighted by atomic mass is 10.5. The number of nitrogens with zero attached hydrogens (tertiary/aromatic N) is 2. The minimum atomic E-state index is -0.0330. The molecule has 0 aliphatic heterocycles. The fraction of sp³-hybridized carbons (Fsp3) is 0.625. The lowest BCUT2D eigenvalue weighted by Crippen LogP contribution is -2.25. The van der Waals surface area contributed by atoms with E-state index in [1.54, 1.807) is 0 Å². The molecule has 1 aromatic rings. The summed E-state index contributed by atoms with van der Waals surface area (Å²) >= 11 is 1.21. The summed E-state index contributed by atoms with van der Waals surface area (Å²) in [6.45, 7) is 2.91. The fourth-order valence-corrected chi connectivity index (χ4v) is 1.43. The Hall–Kier alpha value is -1.08. The van der Waals surface area contributed by atoms with Crippen molar-refractivity contribution in [2.75, 3.05) is 12.3 Å². The topological polar surface area (TPSA) is 94.0 Å². The summed E-state index contributed by atoms with van der Waals surface area (Å²) in [5.41, 5.74) is 5.30. The van der Waals surface area contributed by atoms with Gasteiger partial charge in [-0.15, -0.1) is 10.2 Å². The van der Waals surface area contributed by atoms with Crippen LogP contribution < -0.4 is 11.1 Å². The summed E-state index contributed by atoms with van der Waals surface area (Å²) in [6.07, 6.45) is 0.925. The number of thioether (sulfide) groups is 1. The van der Waals surface area contributed by atoms with Crippen LogP contribution in [0.5, 0.6) is 0 Å². The maximum atomic E-state index is 11.2. The maximum absolute atomic E-state index is 11.2. The van der Waals surface area contributed by atoms with Crippen LogP contribution in [0.2, 0.25) is 0 Å². The SMILES string of the molecule is CCCNC(=O)CSc1nnc(CN)o1. The van der Waals surface area contributed by atoms with Gasteiger partial charge in [-0.05, 0) is 6.42 Å². The van der Waals surface area contributed by atoms with E-state index in [0.717, 1.165) is 6.42 Å². The summed E-state index contributed by atoms with van der Waals surface area (Å²) < 4.78 is 5.12. The van der Waals surface area contributed by atoms with Gasteiger partial charge in [-0.3, -0.25) is 4.79 Å². The van der Waals surface area contributed by atoms with Gasteiger partial charge in [0.2, 0.25) is 11.8 Å². The Kier molecular flexibility index (Phi) is 5.13. The summed E-state index contributed by atoms with van der Waals surface area (Å²) in [7, 11) is 0. The van der Waals surface area contributed by atoms with Crippen LogP contribution in [-0.4, -0.2) is 28.4 Å². The number of nitrogens with two attached hydrogens (primary N) is 1. The molecule has 0 atom stereocenters. The number of nitrogens with one attached hydrogen (secondary N) is 1. The zero-order chi connectivity index (χ0) is 11.1. The molecule has 0 saturated carbocycles. The number of hydrogen-bond donors (Lipinski definition) is 2. The molecule has 6 nitrogen and oxygen atoms in total. The highest BCUT2D eigenvalue weighted by Gasteiger charge is 2.07. The molecule has 0 fully saturated rings. The Balaban J connectivity index is 2.27. The third kappa shape index (κ3) is 4.30. The van der Waals surface area contributed by atoms with Gasteiger partial charge in [-0.2, -0.15) is 0 Å². The zero-order valence-corrected chi connectivity index (χ0v) is 9.34. The lowest BCUT2D eigenvalue weighted by molar-refractivity contribution is -0.118. The summed E-state index contributed by atoms with van der Waals surface area (Å²) in [4.78, 5) is 11.2. The maximum Gasteiger partial charge on any atom is 0.277 e. The van der Waals surface area contributed by atoms with Crippen molar-refractivity contribution in [3.05, 3.63) is 5.89 Å². The van der Waals surface area contributed by atoms with Crippen molar-refractivity contribution >= 4 is 17.7 Å². The van der Waals surface area contributed by atoms with E-state index in [4.69, 9.17) is 10.2 Å². The minimum Gasteiger partial charge on any atom is -0.415 e. The first kappa shape index (κ1) is 12.0. The molecule has 0 saturated heterocycles. The monoisotopic (exact) mass is 230 g/mol. The summed E-state index contributed by atoms with van der Waals surface area (Å²) in [5.74, 6) is 0.632. The highest BCUT2D eigenvalue weighted by atomic mass is 32.2. The first-order valence-electron chi connectivity index (χ1n) is 4.68. The lowest BCUT2D eigenvalue weighted by Gasteiger charge is -2.00. The Bertz CT molecular complexity index is 315. The highest BCUT2D eigenvalue weighted by Crippen LogP contribution is 2.14. The van der Waals surface area contributed by atoms with Crippen molar-refractivity contribution < 1.29 is 9.21 Å². The number of carbonyl (C=O) groups excluding carboxylic acids is 1. The zero-order valence-electron chi connectivity index (χ0n) is 8.52. The summed E-state index contributed by atoms with van der Waals surface area (Å²) in [5, 5.41) is 10.5. The largest absolute Gasteiger partial charge is 0.415 e. The normalized spacial score (nSPS) is 10.3. The van der Waals surface area contributed by atoms with Crippen LogP contribution in [-0.2, 0) is 11.3 Å². The molecule has 7 heteroatoms. The van der Waals surface area contributed by atoms with Gasteiger partial charge in [0.05, 0.1) is 12.3 Å². The second-order valence-corrected chi connectivity index (χ2v) is 3.73. The van der Waals surface area contributed by atoms with Crippen molar-refractivity contribution in [2.24, 2.45) is 5.73 Å². The van der Waals surface area contributed by atoms with E-state index < -0.39 is 0 Å². The Morgan fingerprint density at radius 1 is 1.60 bits per heavy atom. The van der Waals surface area contributed by atoms with Crippen LogP contribution in [0, 0.1) is 0 Å². The number of hydrogen-bond acceptors (Lipinski definition) is 6. The van der Waals surface area contributed by atoms with Crippen LogP contribution in [0.25, 0.3) is 0 Å². The molecule has 15 heavy (non-hydrogen) atoms. The van der Waals surface area contributed by atoms with Crippen LogP contribution in [0.15, 0.2) is 9.64 Å². The van der Waals surface area contributed by atoms with Gasteiger partial charge in [0.15, 0.2) is 0 Å². The molecular weight excluding hydrogens is 216 g/mol. The molecule has 0 aromatic carbocycles. The molecule has 0 radical (unpaired) electrons. The smallest absolute Gasteiger partial charge is 0.277 e. The molecule has 1 aromatic heterocycles. The second-order valence-electron chi connectivity index (χ2n) is 2.80. The minimum absolute atomic E-state index is 0.0330. The van der Waals surface area contributed by atoms with E-state index >= 15 is 0 Å². The molecule has 0 bridgehead atoms. The van der Waals surface area contributed by atoms with Crippen molar-refractivity contribution in [1.82, 2.24) is 15.5 Å². The number of rotatable bonds is 6. The van der Waals surface area contributed by atoms with Gasteiger partial charge < -0.3 is 15.5 Å². The van der Waals surface area contributed by atoms with Crippen LogP contribution >= 0.6 is 11.8 Å². The molecule has 1 amide bonds. The van der Waals surface area contributed by atoms with Gasteiger partial charge in [0.25, 0.3) is 5.22 Å². The van der Waals surface area contributed by atoms with Crippen molar-refractivity contribution in [3.63, 3.8) is 0 Å². The predicted octanol–water partition coefficient (Wildman–Crippen LogP) is 0.147. The molecular formula is C8H14N4O2S. The molecule has 0 unspecified atom stereocenters. The molecule has 0 aliphatic carbocycles. The van der Waals surface area contributed by atoms with Crippen LogP contribution in [0.3, 0.4) is 0 Å². The molecule has 0 spiro atoms. The van der Waals surface area contributed by atoms with E-state index in [0.29, 0.717) is 17.7 Å². The molecule has 1 rings (SSSR count). The van der Waals surface area contributed by atoms with Crippen molar-refractivity contribution in [3.8, 4) is 0 Å². The number of amides is 1. The van der Waals surface area contributed by atoms with Crippen molar-refractivity contribution in [1.29, 1.82) is 0 Å². The average molecular weight is 230 g/mol. The first-order valence-corrected chi connectivity index (χ1v) is 5.66. The van der Waals surface area contributed by atoms with Crippen LogP contribution in [0.1, 0.15) is 19.2 Å². The van der Waals surface area contributed by atoms with E-state index in [1.165, 1.54) is 11.8 Å². The fourth-order valence-electron chi connectivity index (χ4n) is 0.822. The van der Waals surface area contributed by atoms with E-state index in [2.05, 4.69) is 15.5 Å². The van der Waals surface area contributed by atoms with E-state index in [-0.39, 0.29) is 18.2 Å². The molecule has 0 aliphatic rings. The summed E-state index contributed by atoms with van der Waals surface area (Å²) in [6, 6.07) is 0. The standard InChI is InChI=1S/C8H14N4O2S/c1-2-3-10-6(13)5-15-8-12-11-7(4-9)14-8/h2-5,9H2,1H3,(H,10,13). The van der Waals surface area contributed by atoms with E-state index in [1.807, 2.05) is 6.92 Å².